The number of carbonyl (C=O) groups is 1. The van der Waals surface area contributed by atoms with E-state index in [0.717, 1.165) is 33.2 Å². The minimum Gasteiger partial charge on any atom is -0.493 e. The fourth-order valence-electron chi connectivity index (χ4n) is 3.23. The van der Waals surface area contributed by atoms with Crippen molar-refractivity contribution in [2.24, 2.45) is 0 Å². The molecule has 3 rings (SSSR count). The highest BCUT2D eigenvalue weighted by molar-refractivity contribution is 7.10. The summed E-state index contributed by atoms with van der Waals surface area (Å²) >= 11 is 1.57. The van der Waals surface area contributed by atoms with Gasteiger partial charge in [0.2, 0.25) is 0 Å². The second kappa shape index (κ2) is 8.48. The minimum absolute atomic E-state index is 0.325. The van der Waals surface area contributed by atoms with Gasteiger partial charge in [0, 0.05) is 28.8 Å². The number of carbonyl (C=O) groups excluding carboxylic acids is 1. The molecule has 0 fully saturated rings. The van der Waals surface area contributed by atoms with Gasteiger partial charge in [0.25, 0.3) is 0 Å². The molecular weight excluding hydrogens is 376 g/mol. The van der Waals surface area contributed by atoms with Crippen LogP contribution in [0.25, 0.3) is 11.3 Å². The van der Waals surface area contributed by atoms with E-state index in [9.17, 15) is 4.79 Å². The largest absolute Gasteiger partial charge is 0.493 e. The zero-order valence-electron chi connectivity index (χ0n) is 16.7. The minimum atomic E-state index is -0.325. The van der Waals surface area contributed by atoms with Crippen LogP contribution in [0.3, 0.4) is 0 Å². The number of rotatable bonds is 7. The number of thiazole rings is 1. The molecular formula is C21H24N2O4S. The normalized spacial score (nSPS) is 10.8. The third-order valence-corrected chi connectivity index (χ3v) is 5.31. The van der Waals surface area contributed by atoms with Gasteiger partial charge in [0.05, 0.1) is 37.1 Å². The molecule has 2 aromatic heterocycles. The Bertz CT molecular complexity index is 990. The number of methoxy groups -OCH3 is 2. The highest BCUT2D eigenvalue weighted by Gasteiger charge is 2.23. The molecule has 6 nitrogen and oxygen atoms in total. The van der Waals surface area contributed by atoms with Gasteiger partial charge in [0.15, 0.2) is 11.5 Å². The topological polar surface area (TPSA) is 73.4 Å². The van der Waals surface area contributed by atoms with Crippen LogP contribution in [0.4, 0.5) is 0 Å². The molecule has 1 N–H and O–H groups in total. The number of nitrogens with zero attached hydrogens (tertiary/aromatic N) is 1. The highest BCUT2D eigenvalue weighted by atomic mass is 32.1. The Morgan fingerprint density at radius 1 is 1.14 bits per heavy atom. The monoisotopic (exact) mass is 400 g/mol. The number of esters is 1. The number of hydrogen-bond acceptors (Lipinski definition) is 6. The van der Waals surface area contributed by atoms with E-state index in [1.807, 2.05) is 37.4 Å². The summed E-state index contributed by atoms with van der Waals surface area (Å²) < 4.78 is 15.9. The van der Waals surface area contributed by atoms with Crippen molar-refractivity contribution in [3.63, 3.8) is 0 Å². The first-order valence-electron chi connectivity index (χ1n) is 9.00. The van der Waals surface area contributed by atoms with Crippen molar-refractivity contribution in [3.05, 3.63) is 51.1 Å². The van der Waals surface area contributed by atoms with Gasteiger partial charge in [-0.05, 0) is 38.5 Å². The molecule has 0 spiro atoms. The van der Waals surface area contributed by atoms with E-state index < -0.39 is 0 Å². The van der Waals surface area contributed by atoms with Crippen molar-refractivity contribution < 1.29 is 19.0 Å². The molecule has 28 heavy (non-hydrogen) atoms. The molecule has 1 aromatic carbocycles. The van der Waals surface area contributed by atoms with E-state index in [0.29, 0.717) is 30.1 Å². The van der Waals surface area contributed by atoms with Gasteiger partial charge < -0.3 is 19.2 Å². The Labute approximate surface area is 168 Å². The van der Waals surface area contributed by atoms with Gasteiger partial charge in [-0.25, -0.2) is 9.78 Å². The Morgan fingerprint density at radius 2 is 1.89 bits per heavy atom. The van der Waals surface area contributed by atoms with Crippen molar-refractivity contribution in [2.45, 2.75) is 27.2 Å². The van der Waals surface area contributed by atoms with Gasteiger partial charge in [-0.15, -0.1) is 11.3 Å². The third kappa shape index (κ3) is 3.89. The van der Waals surface area contributed by atoms with Gasteiger partial charge in [-0.1, -0.05) is 6.07 Å². The summed E-state index contributed by atoms with van der Waals surface area (Å²) in [5.41, 5.74) is 4.92. The fourth-order valence-corrected chi connectivity index (χ4v) is 4.05. The van der Waals surface area contributed by atoms with E-state index >= 15 is 0 Å². The maximum absolute atomic E-state index is 12.4. The standard InChI is InChI=1S/C21H24N2O4S/c1-6-27-21(24)20-13(3)22-12(2)19(20)15-11-28-18(23-15)10-14-7-8-16(25-4)17(9-14)26-5/h7-9,11,22H,6,10H2,1-5H3. The first-order chi connectivity index (χ1) is 13.5. The Hall–Kier alpha value is -2.80. The van der Waals surface area contributed by atoms with Crippen molar-refractivity contribution in [1.82, 2.24) is 9.97 Å². The van der Waals surface area contributed by atoms with Crippen LogP contribution in [-0.4, -0.2) is 36.8 Å². The molecule has 0 amide bonds. The quantitative estimate of drug-likeness (QED) is 0.590. The van der Waals surface area contributed by atoms with Crippen LogP contribution in [0.1, 0.15) is 39.2 Å². The molecule has 0 bridgehead atoms. The van der Waals surface area contributed by atoms with Crippen LogP contribution in [0.5, 0.6) is 11.5 Å². The predicted molar refractivity (Wildman–Crippen MR) is 110 cm³/mol. The van der Waals surface area contributed by atoms with Gasteiger partial charge >= 0.3 is 5.97 Å². The number of H-pyrrole nitrogens is 1. The molecule has 0 saturated carbocycles. The number of aromatic nitrogens is 2. The zero-order valence-corrected chi connectivity index (χ0v) is 17.5. The summed E-state index contributed by atoms with van der Waals surface area (Å²) in [5.74, 6) is 1.07. The van der Waals surface area contributed by atoms with Crippen molar-refractivity contribution in [2.75, 3.05) is 20.8 Å². The van der Waals surface area contributed by atoms with E-state index in [4.69, 9.17) is 19.2 Å². The van der Waals surface area contributed by atoms with Crippen LogP contribution in [-0.2, 0) is 11.2 Å². The molecule has 0 atom stereocenters. The van der Waals surface area contributed by atoms with E-state index in [2.05, 4.69) is 4.98 Å². The van der Waals surface area contributed by atoms with Crippen LogP contribution in [0.2, 0.25) is 0 Å². The molecule has 0 unspecified atom stereocenters. The third-order valence-electron chi connectivity index (χ3n) is 4.47. The predicted octanol–water partition coefficient (Wildman–Crippen LogP) is 4.54. The highest BCUT2D eigenvalue weighted by Crippen LogP contribution is 2.33. The summed E-state index contributed by atoms with van der Waals surface area (Å²) in [6, 6.07) is 5.84. The smallest absolute Gasteiger partial charge is 0.340 e. The maximum atomic E-state index is 12.4. The molecule has 0 aliphatic heterocycles. The molecule has 0 saturated heterocycles. The Balaban J connectivity index is 1.90. The second-order valence-electron chi connectivity index (χ2n) is 6.34. The van der Waals surface area contributed by atoms with Gasteiger partial charge in [-0.2, -0.15) is 0 Å². The lowest BCUT2D eigenvalue weighted by molar-refractivity contribution is 0.0526. The van der Waals surface area contributed by atoms with Crippen LogP contribution < -0.4 is 9.47 Å². The average Bonchev–Trinajstić information content (AvgIpc) is 3.24. The van der Waals surface area contributed by atoms with Crippen molar-refractivity contribution in [1.29, 1.82) is 0 Å². The van der Waals surface area contributed by atoms with Gasteiger partial charge in [0.1, 0.15) is 0 Å². The van der Waals surface area contributed by atoms with E-state index in [1.165, 1.54) is 0 Å². The van der Waals surface area contributed by atoms with E-state index in [-0.39, 0.29) is 5.97 Å². The lowest BCUT2D eigenvalue weighted by atomic mass is 10.1. The number of benzene rings is 1. The number of hydrogen-bond donors (Lipinski definition) is 1. The summed E-state index contributed by atoms with van der Waals surface area (Å²) in [4.78, 5) is 20.4. The van der Waals surface area contributed by atoms with Crippen LogP contribution in [0.15, 0.2) is 23.6 Å². The van der Waals surface area contributed by atoms with Gasteiger partial charge in [-0.3, -0.25) is 0 Å². The van der Waals surface area contributed by atoms with Crippen LogP contribution >= 0.6 is 11.3 Å². The van der Waals surface area contributed by atoms with Crippen molar-refractivity contribution >= 4 is 17.3 Å². The number of nitrogens with one attached hydrogen (secondary N) is 1. The second-order valence-corrected chi connectivity index (χ2v) is 7.28. The maximum Gasteiger partial charge on any atom is 0.340 e. The first kappa shape index (κ1) is 19.9. The summed E-state index contributed by atoms with van der Waals surface area (Å²) in [7, 11) is 3.24. The summed E-state index contributed by atoms with van der Waals surface area (Å²) in [6.07, 6.45) is 0.669. The Kier molecular flexibility index (Phi) is 6.04. The lowest BCUT2D eigenvalue weighted by Gasteiger charge is -2.08. The number of aryl methyl sites for hydroxylation is 2. The number of ether oxygens (including phenoxy) is 3. The molecule has 0 aliphatic carbocycles. The molecule has 0 radical (unpaired) electrons. The van der Waals surface area contributed by atoms with Crippen molar-refractivity contribution in [3.8, 4) is 22.8 Å². The zero-order chi connectivity index (χ0) is 20.3. The molecule has 7 heteroatoms. The Morgan fingerprint density at radius 3 is 2.57 bits per heavy atom. The average molecular weight is 401 g/mol. The first-order valence-corrected chi connectivity index (χ1v) is 9.88. The van der Waals surface area contributed by atoms with Crippen LogP contribution in [0, 0.1) is 13.8 Å². The molecule has 2 heterocycles. The number of aromatic amines is 1. The molecule has 0 aliphatic rings. The summed E-state index contributed by atoms with van der Waals surface area (Å²) in [5, 5.41) is 2.93. The van der Waals surface area contributed by atoms with E-state index in [1.54, 1.807) is 32.5 Å². The summed E-state index contributed by atoms with van der Waals surface area (Å²) in [6.45, 7) is 5.96. The SMILES string of the molecule is CCOC(=O)c1c(C)[nH]c(C)c1-c1csc(Cc2ccc(OC)c(OC)c2)n1. The molecule has 148 valence electrons. The molecule has 3 aromatic rings. The fraction of sp³-hybridized carbons (Fsp3) is 0.333. The lowest BCUT2D eigenvalue weighted by Crippen LogP contribution is -2.06.